The van der Waals surface area contributed by atoms with Gasteiger partial charge in [-0.3, -0.25) is 4.79 Å². The number of nitrogens with zero attached hydrogens (tertiary/aromatic N) is 1. The van der Waals surface area contributed by atoms with Crippen molar-refractivity contribution in [1.29, 1.82) is 0 Å². The van der Waals surface area contributed by atoms with Crippen LogP contribution in [0.25, 0.3) is 0 Å². The van der Waals surface area contributed by atoms with E-state index in [1.54, 1.807) is 6.20 Å². The first kappa shape index (κ1) is 9.44. The van der Waals surface area contributed by atoms with Gasteiger partial charge in [0, 0.05) is 17.7 Å². The van der Waals surface area contributed by atoms with Crippen LogP contribution in [-0.4, -0.2) is 9.97 Å². The Bertz CT molecular complexity index is 396. The summed E-state index contributed by atoms with van der Waals surface area (Å²) in [4.78, 5) is 18.9. The molecule has 0 aliphatic heterocycles. The fourth-order valence-electron chi connectivity index (χ4n) is 1.51. The predicted octanol–water partition coefficient (Wildman–Crippen LogP) is 1.94. The number of hydrogen-bond donors (Lipinski definition) is 1. The summed E-state index contributed by atoms with van der Waals surface area (Å²) >= 11 is 0. The van der Waals surface area contributed by atoms with Crippen LogP contribution in [0.1, 0.15) is 50.9 Å². The SMILES string of the molecule is CC(C)(C)c1cnc(C2CC2)[nH]c1=O. The molecule has 1 aromatic rings. The largest absolute Gasteiger partial charge is 0.310 e. The quantitative estimate of drug-likeness (QED) is 0.739. The second-order valence-electron chi connectivity index (χ2n) is 5.04. The fraction of sp³-hybridized carbons (Fsp3) is 0.636. The number of H-pyrrole nitrogens is 1. The van der Waals surface area contributed by atoms with Crippen molar-refractivity contribution in [3.05, 3.63) is 27.9 Å². The van der Waals surface area contributed by atoms with E-state index in [1.165, 1.54) is 0 Å². The highest BCUT2D eigenvalue weighted by Gasteiger charge is 2.27. The first-order valence-corrected chi connectivity index (χ1v) is 5.08. The van der Waals surface area contributed by atoms with Gasteiger partial charge in [0.05, 0.1) is 0 Å². The van der Waals surface area contributed by atoms with Crippen molar-refractivity contribution in [2.75, 3.05) is 0 Å². The average molecular weight is 192 g/mol. The van der Waals surface area contributed by atoms with E-state index in [-0.39, 0.29) is 11.0 Å². The zero-order valence-electron chi connectivity index (χ0n) is 8.92. The van der Waals surface area contributed by atoms with Crippen LogP contribution in [-0.2, 0) is 5.41 Å². The standard InChI is InChI=1S/C11H16N2O/c1-11(2,3)8-6-12-9(7-4-5-7)13-10(8)14/h6-7H,4-5H2,1-3H3,(H,12,13,14). The van der Waals surface area contributed by atoms with Gasteiger partial charge in [0.15, 0.2) is 0 Å². The van der Waals surface area contributed by atoms with Crippen molar-refractivity contribution in [2.24, 2.45) is 0 Å². The van der Waals surface area contributed by atoms with E-state index >= 15 is 0 Å². The minimum Gasteiger partial charge on any atom is -0.310 e. The molecule has 1 aliphatic rings. The van der Waals surface area contributed by atoms with Crippen molar-refractivity contribution in [3.63, 3.8) is 0 Å². The molecule has 1 heterocycles. The Morgan fingerprint density at radius 2 is 2.07 bits per heavy atom. The zero-order valence-corrected chi connectivity index (χ0v) is 8.92. The summed E-state index contributed by atoms with van der Waals surface area (Å²) in [5.74, 6) is 1.37. The van der Waals surface area contributed by atoms with Gasteiger partial charge >= 0.3 is 0 Å². The maximum Gasteiger partial charge on any atom is 0.254 e. The molecule has 1 N–H and O–H groups in total. The molecule has 0 amide bonds. The van der Waals surface area contributed by atoms with Gasteiger partial charge in [-0.1, -0.05) is 20.8 Å². The monoisotopic (exact) mass is 192 g/mol. The molecule has 0 atom stereocenters. The van der Waals surface area contributed by atoms with Crippen LogP contribution in [0.4, 0.5) is 0 Å². The van der Waals surface area contributed by atoms with Gasteiger partial charge in [-0.25, -0.2) is 4.98 Å². The van der Waals surface area contributed by atoms with Gasteiger partial charge in [-0.05, 0) is 18.3 Å². The number of aromatic nitrogens is 2. The van der Waals surface area contributed by atoms with Gasteiger partial charge < -0.3 is 4.98 Å². The Balaban J connectivity index is 2.41. The molecular weight excluding hydrogens is 176 g/mol. The molecule has 1 saturated carbocycles. The summed E-state index contributed by atoms with van der Waals surface area (Å²) < 4.78 is 0. The van der Waals surface area contributed by atoms with E-state index < -0.39 is 0 Å². The minimum atomic E-state index is -0.122. The molecule has 76 valence electrons. The van der Waals surface area contributed by atoms with Crippen molar-refractivity contribution >= 4 is 0 Å². The molecule has 0 bridgehead atoms. The lowest BCUT2D eigenvalue weighted by Crippen LogP contribution is -2.25. The molecule has 0 unspecified atom stereocenters. The Morgan fingerprint density at radius 1 is 1.43 bits per heavy atom. The number of rotatable bonds is 1. The molecule has 1 aromatic heterocycles. The van der Waals surface area contributed by atoms with E-state index in [9.17, 15) is 4.79 Å². The van der Waals surface area contributed by atoms with Crippen molar-refractivity contribution in [2.45, 2.75) is 44.9 Å². The van der Waals surface area contributed by atoms with Crippen LogP contribution in [0.15, 0.2) is 11.0 Å². The van der Waals surface area contributed by atoms with Crippen molar-refractivity contribution in [3.8, 4) is 0 Å². The number of nitrogens with one attached hydrogen (secondary N) is 1. The highest BCUT2D eigenvalue weighted by atomic mass is 16.1. The van der Waals surface area contributed by atoms with Gasteiger partial charge in [0.2, 0.25) is 0 Å². The fourth-order valence-corrected chi connectivity index (χ4v) is 1.51. The smallest absolute Gasteiger partial charge is 0.254 e. The summed E-state index contributed by atoms with van der Waals surface area (Å²) in [5, 5.41) is 0. The molecule has 0 radical (unpaired) electrons. The summed E-state index contributed by atoms with van der Waals surface area (Å²) in [5.41, 5.74) is 0.666. The summed E-state index contributed by atoms with van der Waals surface area (Å²) in [7, 11) is 0. The highest BCUT2D eigenvalue weighted by molar-refractivity contribution is 5.17. The lowest BCUT2D eigenvalue weighted by molar-refractivity contribution is 0.575. The van der Waals surface area contributed by atoms with Crippen molar-refractivity contribution < 1.29 is 0 Å². The Kier molecular flexibility index (Phi) is 1.98. The lowest BCUT2D eigenvalue weighted by atomic mass is 9.89. The Hall–Kier alpha value is -1.12. The lowest BCUT2D eigenvalue weighted by Gasteiger charge is -2.17. The third kappa shape index (κ3) is 1.72. The van der Waals surface area contributed by atoms with Gasteiger partial charge in [-0.15, -0.1) is 0 Å². The van der Waals surface area contributed by atoms with Gasteiger partial charge in [0.1, 0.15) is 5.82 Å². The maximum atomic E-state index is 11.7. The highest BCUT2D eigenvalue weighted by Crippen LogP contribution is 2.37. The molecule has 0 aromatic carbocycles. The van der Waals surface area contributed by atoms with E-state index in [0.717, 1.165) is 24.2 Å². The second-order valence-corrected chi connectivity index (χ2v) is 5.04. The van der Waals surface area contributed by atoms with Crippen LogP contribution < -0.4 is 5.56 Å². The normalized spacial score (nSPS) is 17.1. The Labute approximate surface area is 83.6 Å². The summed E-state index contributed by atoms with van der Waals surface area (Å²) in [6.07, 6.45) is 4.06. The first-order chi connectivity index (χ1) is 6.48. The minimum absolute atomic E-state index is 0.0226. The average Bonchev–Trinajstić information content (AvgIpc) is 2.83. The number of aromatic amines is 1. The molecule has 0 saturated heterocycles. The first-order valence-electron chi connectivity index (χ1n) is 5.08. The van der Waals surface area contributed by atoms with Crippen molar-refractivity contribution in [1.82, 2.24) is 9.97 Å². The van der Waals surface area contributed by atoms with Crippen LogP contribution in [0.2, 0.25) is 0 Å². The molecule has 2 rings (SSSR count). The topological polar surface area (TPSA) is 45.8 Å². The van der Waals surface area contributed by atoms with E-state index in [0.29, 0.717) is 5.92 Å². The van der Waals surface area contributed by atoms with E-state index in [1.807, 2.05) is 20.8 Å². The molecule has 14 heavy (non-hydrogen) atoms. The van der Waals surface area contributed by atoms with E-state index in [2.05, 4.69) is 9.97 Å². The zero-order chi connectivity index (χ0) is 10.3. The van der Waals surface area contributed by atoms with Crippen LogP contribution in [0, 0.1) is 0 Å². The maximum absolute atomic E-state index is 11.7. The summed E-state index contributed by atoms with van der Waals surface area (Å²) in [6.45, 7) is 6.07. The van der Waals surface area contributed by atoms with E-state index in [4.69, 9.17) is 0 Å². The van der Waals surface area contributed by atoms with Crippen LogP contribution in [0.3, 0.4) is 0 Å². The van der Waals surface area contributed by atoms with Gasteiger partial charge in [-0.2, -0.15) is 0 Å². The van der Waals surface area contributed by atoms with Crippen LogP contribution >= 0.6 is 0 Å². The summed E-state index contributed by atoms with van der Waals surface area (Å²) in [6, 6.07) is 0. The third-order valence-corrected chi connectivity index (χ3v) is 2.59. The molecule has 1 fully saturated rings. The molecule has 3 heteroatoms. The van der Waals surface area contributed by atoms with Crippen LogP contribution in [0.5, 0.6) is 0 Å². The number of hydrogen-bond acceptors (Lipinski definition) is 2. The molecule has 3 nitrogen and oxygen atoms in total. The second kappa shape index (κ2) is 2.94. The molecule has 1 aliphatic carbocycles. The molecular formula is C11H16N2O. The Morgan fingerprint density at radius 3 is 2.50 bits per heavy atom. The van der Waals surface area contributed by atoms with Gasteiger partial charge in [0.25, 0.3) is 5.56 Å². The molecule has 0 spiro atoms. The predicted molar refractivity (Wildman–Crippen MR) is 55.5 cm³/mol. The third-order valence-electron chi connectivity index (χ3n) is 2.59.